The number of fused-ring (bicyclic) bond motifs is 1. The van der Waals surface area contributed by atoms with Crippen LogP contribution in [0.5, 0.6) is 5.75 Å². The smallest absolute Gasteiger partial charge is 0.433 e. The lowest BCUT2D eigenvalue weighted by Gasteiger charge is -2.13. The summed E-state index contributed by atoms with van der Waals surface area (Å²) < 4.78 is 55.6. The summed E-state index contributed by atoms with van der Waals surface area (Å²) >= 11 is 0. The van der Waals surface area contributed by atoms with Crippen LogP contribution in [0, 0.1) is 13.8 Å². The summed E-state index contributed by atoms with van der Waals surface area (Å²) in [6.45, 7) is 17.0. The third-order valence-corrected chi connectivity index (χ3v) is 4.16. The molecule has 0 amide bonds. The van der Waals surface area contributed by atoms with Gasteiger partial charge in [0.15, 0.2) is 5.69 Å². The summed E-state index contributed by atoms with van der Waals surface area (Å²) in [5.74, 6) is 0.190. The second-order valence-corrected chi connectivity index (χ2v) is 6.17. The van der Waals surface area contributed by atoms with Crippen molar-refractivity contribution in [2.75, 3.05) is 6.61 Å². The molecule has 0 N–H and O–H groups in total. The van der Waals surface area contributed by atoms with Crippen molar-refractivity contribution < 1.29 is 31.9 Å². The second-order valence-electron chi connectivity index (χ2n) is 6.17. The van der Waals surface area contributed by atoms with E-state index < -0.39 is 17.8 Å². The molecular formula is C26H36F3NO4. The zero-order valence-electron chi connectivity index (χ0n) is 21.5. The van der Waals surface area contributed by atoms with Crippen LogP contribution >= 0.6 is 0 Å². The van der Waals surface area contributed by atoms with Gasteiger partial charge >= 0.3 is 12.1 Å². The molecule has 0 saturated heterocycles. The van der Waals surface area contributed by atoms with E-state index in [1.807, 2.05) is 41.5 Å². The summed E-state index contributed by atoms with van der Waals surface area (Å²) in [7, 11) is 0. The average Bonchev–Trinajstić information content (AvgIpc) is 3.18. The van der Waals surface area contributed by atoms with Gasteiger partial charge in [-0.1, -0.05) is 47.6 Å². The van der Waals surface area contributed by atoms with E-state index in [1.165, 1.54) is 12.1 Å². The molecule has 0 aliphatic carbocycles. The molecule has 8 heteroatoms. The number of carbonyl (C=O) groups is 1. The van der Waals surface area contributed by atoms with Gasteiger partial charge in [0, 0.05) is 17.1 Å². The molecule has 0 aliphatic rings. The van der Waals surface area contributed by atoms with E-state index in [1.54, 1.807) is 32.9 Å². The lowest BCUT2D eigenvalue weighted by atomic mass is 10.1. The molecule has 0 spiro atoms. The van der Waals surface area contributed by atoms with Gasteiger partial charge in [0.2, 0.25) is 0 Å². The predicted molar refractivity (Wildman–Crippen MR) is 129 cm³/mol. The Labute approximate surface area is 200 Å². The number of halogens is 3. The fourth-order valence-corrected chi connectivity index (χ4v) is 2.97. The summed E-state index contributed by atoms with van der Waals surface area (Å²) in [5, 5.41) is 0.494. The molecule has 0 aliphatic heterocycles. The Morgan fingerprint density at radius 2 is 1.68 bits per heavy atom. The molecular weight excluding hydrogens is 447 g/mol. The molecule has 2 heterocycles. The van der Waals surface area contributed by atoms with Crippen molar-refractivity contribution in [3.63, 3.8) is 0 Å². The van der Waals surface area contributed by atoms with E-state index in [2.05, 4.69) is 4.98 Å². The van der Waals surface area contributed by atoms with E-state index in [0.717, 1.165) is 6.20 Å². The van der Waals surface area contributed by atoms with Gasteiger partial charge in [0.25, 0.3) is 0 Å². The summed E-state index contributed by atoms with van der Waals surface area (Å²) in [6, 6.07) is 5.94. The lowest BCUT2D eigenvalue weighted by molar-refractivity contribution is -0.142. The van der Waals surface area contributed by atoms with Crippen LogP contribution in [-0.2, 0) is 17.5 Å². The van der Waals surface area contributed by atoms with Crippen LogP contribution in [0.3, 0.4) is 0 Å². The Morgan fingerprint density at radius 1 is 1.06 bits per heavy atom. The van der Waals surface area contributed by atoms with Gasteiger partial charge < -0.3 is 13.9 Å². The number of aryl methyl sites for hydroxylation is 2. The standard InChI is InChI=1S/C20H18F3NO4.3C2H6/c1-4-26-19(25)16-12(3)28-17-11(2)8-14(9-15(16)17)27-10-13-6-5-7-24-18(13)20(21,22)23;3*1-2/h5-9H,4,10H2,1-3H3;3*1-2H3. The van der Waals surface area contributed by atoms with Crippen LogP contribution < -0.4 is 4.74 Å². The van der Waals surface area contributed by atoms with E-state index in [4.69, 9.17) is 13.9 Å². The monoisotopic (exact) mass is 483 g/mol. The molecule has 3 aromatic rings. The number of ether oxygens (including phenoxy) is 2. The largest absolute Gasteiger partial charge is 0.489 e. The molecule has 2 aromatic heterocycles. The Bertz CT molecular complexity index is 1030. The molecule has 34 heavy (non-hydrogen) atoms. The minimum atomic E-state index is -4.57. The lowest BCUT2D eigenvalue weighted by Crippen LogP contribution is -2.13. The van der Waals surface area contributed by atoms with E-state index in [9.17, 15) is 18.0 Å². The van der Waals surface area contributed by atoms with Crippen LogP contribution in [0.25, 0.3) is 11.0 Å². The topological polar surface area (TPSA) is 61.6 Å². The first-order valence-electron chi connectivity index (χ1n) is 11.6. The highest BCUT2D eigenvalue weighted by Crippen LogP contribution is 2.34. The number of furan rings is 1. The van der Waals surface area contributed by atoms with Gasteiger partial charge in [0.1, 0.15) is 29.3 Å². The predicted octanol–water partition coefficient (Wildman–Crippen LogP) is 8.30. The third-order valence-electron chi connectivity index (χ3n) is 4.16. The van der Waals surface area contributed by atoms with Gasteiger partial charge in [-0.3, -0.25) is 4.98 Å². The van der Waals surface area contributed by atoms with Gasteiger partial charge in [-0.05, 0) is 44.5 Å². The fourth-order valence-electron chi connectivity index (χ4n) is 2.97. The number of hydrogen-bond acceptors (Lipinski definition) is 5. The van der Waals surface area contributed by atoms with Crippen molar-refractivity contribution in [1.29, 1.82) is 0 Å². The fraction of sp³-hybridized carbons (Fsp3) is 0.462. The Balaban J connectivity index is 0.00000168. The maximum Gasteiger partial charge on any atom is 0.433 e. The molecule has 0 saturated carbocycles. The molecule has 5 nitrogen and oxygen atoms in total. The Kier molecular flexibility index (Phi) is 13.6. The zero-order chi connectivity index (χ0) is 26.5. The maximum absolute atomic E-state index is 13.1. The normalized spacial score (nSPS) is 10.1. The van der Waals surface area contributed by atoms with Gasteiger partial charge in [-0.2, -0.15) is 13.2 Å². The van der Waals surface area contributed by atoms with Crippen molar-refractivity contribution in [3.05, 3.63) is 58.6 Å². The number of rotatable bonds is 5. The highest BCUT2D eigenvalue weighted by Gasteiger charge is 2.35. The van der Waals surface area contributed by atoms with E-state index >= 15 is 0 Å². The first-order valence-corrected chi connectivity index (χ1v) is 11.6. The second kappa shape index (κ2) is 15.0. The van der Waals surface area contributed by atoms with Crippen LogP contribution in [0.2, 0.25) is 0 Å². The Morgan fingerprint density at radius 3 is 2.24 bits per heavy atom. The van der Waals surface area contributed by atoms with Crippen LogP contribution in [-0.4, -0.2) is 17.6 Å². The maximum atomic E-state index is 13.1. The number of esters is 1. The van der Waals surface area contributed by atoms with Crippen molar-refractivity contribution in [3.8, 4) is 5.75 Å². The molecule has 0 unspecified atom stereocenters. The number of alkyl halides is 3. The van der Waals surface area contributed by atoms with Crippen molar-refractivity contribution >= 4 is 16.9 Å². The minimum absolute atomic E-state index is 0.0817. The number of carbonyl (C=O) groups excluding carboxylic acids is 1. The molecule has 0 fully saturated rings. The SMILES string of the molecule is CC.CC.CC.CCOC(=O)c1c(C)oc2c(C)cc(OCc3cccnc3C(F)(F)F)cc12. The highest BCUT2D eigenvalue weighted by atomic mass is 19.4. The van der Waals surface area contributed by atoms with Gasteiger partial charge in [-0.25, -0.2) is 4.79 Å². The molecule has 0 radical (unpaired) electrons. The number of nitrogens with zero attached hydrogens (tertiary/aromatic N) is 1. The number of pyridine rings is 1. The molecule has 190 valence electrons. The number of benzene rings is 1. The molecule has 0 bridgehead atoms. The minimum Gasteiger partial charge on any atom is -0.489 e. The Hall–Kier alpha value is -3.03. The van der Waals surface area contributed by atoms with Crippen molar-refractivity contribution in [1.82, 2.24) is 4.98 Å². The van der Waals surface area contributed by atoms with E-state index in [-0.39, 0.29) is 24.3 Å². The van der Waals surface area contributed by atoms with Gasteiger partial charge in [0.05, 0.1) is 6.61 Å². The first kappa shape index (κ1) is 31.0. The molecule has 3 rings (SSSR count). The molecule has 0 atom stereocenters. The number of aromatic nitrogens is 1. The first-order chi connectivity index (χ1) is 16.2. The van der Waals surface area contributed by atoms with Crippen molar-refractivity contribution in [2.24, 2.45) is 0 Å². The summed E-state index contributed by atoms with van der Waals surface area (Å²) in [5.41, 5.74) is 0.405. The quantitative estimate of drug-likeness (QED) is 0.342. The number of hydrogen-bond donors (Lipinski definition) is 0. The molecule has 1 aromatic carbocycles. The summed E-state index contributed by atoms with van der Waals surface area (Å²) in [6.07, 6.45) is -3.49. The highest BCUT2D eigenvalue weighted by molar-refractivity contribution is 6.05. The third kappa shape index (κ3) is 7.78. The zero-order valence-corrected chi connectivity index (χ0v) is 21.5. The van der Waals surface area contributed by atoms with Gasteiger partial charge in [-0.15, -0.1) is 0 Å². The average molecular weight is 484 g/mol. The van der Waals surface area contributed by atoms with E-state index in [0.29, 0.717) is 28.0 Å². The van der Waals surface area contributed by atoms with Crippen LogP contribution in [0.1, 0.15) is 81.4 Å². The summed E-state index contributed by atoms with van der Waals surface area (Å²) in [4.78, 5) is 15.7. The van der Waals surface area contributed by atoms with Crippen LogP contribution in [0.4, 0.5) is 13.2 Å². The van der Waals surface area contributed by atoms with Crippen LogP contribution in [0.15, 0.2) is 34.9 Å². The van der Waals surface area contributed by atoms with Crippen molar-refractivity contribution in [2.45, 2.75) is 75.1 Å².